The highest BCUT2D eigenvalue weighted by Gasteiger charge is 2.18. The van der Waals surface area contributed by atoms with Gasteiger partial charge in [-0.25, -0.2) is 9.67 Å². The summed E-state index contributed by atoms with van der Waals surface area (Å²) in [5.74, 6) is 0. The van der Waals surface area contributed by atoms with Crippen molar-refractivity contribution < 1.29 is 0 Å². The van der Waals surface area contributed by atoms with Crippen LogP contribution in [0.15, 0.2) is 24.3 Å². The van der Waals surface area contributed by atoms with Crippen LogP contribution in [-0.4, -0.2) is 32.3 Å². The molecule has 0 aliphatic carbocycles. The second kappa shape index (κ2) is 7.11. The lowest BCUT2D eigenvalue weighted by Crippen LogP contribution is -2.27. The Morgan fingerprint density at radius 1 is 1.28 bits per heavy atom. The number of hydrogen-bond acceptors (Lipinski definition) is 7. The van der Waals surface area contributed by atoms with Gasteiger partial charge in [0.05, 0.1) is 22.9 Å². The van der Waals surface area contributed by atoms with Crippen molar-refractivity contribution in [2.75, 3.05) is 12.4 Å². The summed E-state index contributed by atoms with van der Waals surface area (Å²) in [6, 6.07) is 8.45. The van der Waals surface area contributed by atoms with Crippen molar-refractivity contribution in [1.29, 1.82) is 0 Å². The maximum Gasteiger partial charge on any atom is 0.205 e. The van der Waals surface area contributed by atoms with Gasteiger partial charge in [0.1, 0.15) is 5.01 Å². The minimum atomic E-state index is -0.0301. The number of aromatic nitrogens is 3. The number of nitrogens with one attached hydrogen (secondary N) is 1. The van der Waals surface area contributed by atoms with Crippen LogP contribution in [0.3, 0.4) is 0 Å². The molecule has 25 heavy (non-hydrogen) atoms. The number of hydrogen-bond donors (Lipinski definition) is 1. The second-order valence-corrected chi connectivity index (χ2v) is 9.83. The molecule has 0 saturated heterocycles. The lowest BCUT2D eigenvalue weighted by molar-refractivity contribution is 0.195. The van der Waals surface area contributed by atoms with Gasteiger partial charge in [-0.15, -0.1) is 16.4 Å². The summed E-state index contributed by atoms with van der Waals surface area (Å²) in [5.41, 5.74) is 1.03. The fourth-order valence-electron chi connectivity index (χ4n) is 2.36. The zero-order chi connectivity index (χ0) is 18.2. The molecule has 1 atom stereocenters. The summed E-state index contributed by atoms with van der Waals surface area (Å²) in [5, 5.41) is 9.97. The predicted molar refractivity (Wildman–Crippen MR) is 110 cm³/mol. The van der Waals surface area contributed by atoms with E-state index in [1.54, 1.807) is 11.3 Å². The number of para-hydroxylation sites is 1. The molecule has 1 N–H and O–H groups in total. The van der Waals surface area contributed by atoms with Gasteiger partial charge < -0.3 is 5.32 Å². The summed E-state index contributed by atoms with van der Waals surface area (Å²) in [6.07, 6.45) is 0. The molecular weight excluding hydrogens is 370 g/mol. The standard InChI is InChI=1S/C17H23N5S3/c1-11(14-18-12-8-6-7-9-13(12)24-14)21(5)10-22-16(23)25-15(20-22)19-17(2,3)4/h6-9,11H,10H2,1-5H3,(H,19,20). The summed E-state index contributed by atoms with van der Waals surface area (Å²) in [4.78, 5) is 6.98. The Morgan fingerprint density at radius 3 is 2.68 bits per heavy atom. The molecule has 8 heteroatoms. The lowest BCUT2D eigenvalue weighted by atomic mass is 10.1. The van der Waals surface area contributed by atoms with Gasteiger partial charge in [-0.3, -0.25) is 4.90 Å². The minimum Gasteiger partial charge on any atom is -0.356 e. The molecule has 5 nitrogen and oxygen atoms in total. The Balaban J connectivity index is 1.75. The average Bonchev–Trinajstić information content (AvgIpc) is 3.08. The normalized spacial score (nSPS) is 13.5. The third kappa shape index (κ3) is 4.44. The summed E-state index contributed by atoms with van der Waals surface area (Å²) < 4.78 is 3.87. The van der Waals surface area contributed by atoms with E-state index in [1.807, 2.05) is 10.7 Å². The molecule has 0 radical (unpaired) electrons. The Morgan fingerprint density at radius 2 is 2.00 bits per heavy atom. The third-order valence-electron chi connectivity index (χ3n) is 3.77. The first-order valence-corrected chi connectivity index (χ1v) is 10.2. The maximum atomic E-state index is 5.48. The van der Waals surface area contributed by atoms with E-state index in [2.05, 4.69) is 68.3 Å². The van der Waals surface area contributed by atoms with E-state index in [0.717, 1.165) is 19.6 Å². The van der Waals surface area contributed by atoms with Crippen LogP contribution < -0.4 is 5.32 Å². The third-order valence-corrected chi connectivity index (χ3v) is 6.20. The van der Waals surface area contributed by atoms with Crippen LogP contribution in [0.1, 0.15) is 38.7 Å². The molecule has 2 aromatic heterocycles. The van der Waals surface area contributed by atoms with E-state index in [0.29, 0.717) is 6.67 Å². The van der Waals surface area contributed by atoms with Gasteiger partial charge in [0, 0.05) is 5.54 Å². The van der Waals surface area contributed by atoms with E-state index in [1.165, 1.54) is 16.0 Å². The van der Waals surface area contributed by atoms with Crippen molar-refractivity contribution in [1.82, 2.24) is 19.7 Å². The van der Waals surface area contributed by atoms with Crippen molar-refractivity contribution in [2.45, 2.75) is 45.9 Å². The number of anilines is 1. The summed E-state index contributed by atoms with van der Waals surface area (Å²) in [6.45, 7) is 9.15. The van der Waals surface area contributed by atoms with Crippen molar-refractivity contribution in [2.24, 2.45) is 0 Å². The first-order chi connectivity index (χ1) is 11.7. The van der Waals surface area contributed by atoms with Gasteiger partial charge >= 0.3 is 0 Å². The van der Waals surface area contributed by atoms with E-state index in [-0.39, 0.29) is 11.6 Å². The number of rotatable bonds is 5. The Hall–Kier alpha value is -1.35. The van der Waals surface area contributed by atoms with Gasteiger partial charge in [0.25, 0.3) is 0 Å². The second-order valence-electron chi connectivity index (χ2n) is 7.14. The minimum absolute atomic E-state index is 0.0301. The molecule has 0 saturated carbocycles. The first-order valence-electron chi connectivity index (χ1n) is 8.15. The molecule has 0 aliphatic heterocycles. The summed E-state index contributed by atoms with van der Waals surface area (Å²) >= 11 is 8.73. The van der Waals surface area contributed by atoms with Crippen LogP contribution in [0, 0.1) is 3.95 Å². The zero-order valence-corrected chi connectivity index (χ0v) is 17.6. The Labute approximate surface area is 161 Å². The smallest absolute Gasteiger partial charge is 0.205 e. The highest BCUT2D eigenvalue weighted by molar-refractivity contribution is 7.73. The van der Waals surface area contributed by atoms with E-state index in [9.17, 15) is 0 Å². The van der Waals surface area contributed by atoms with Gasteiger partial charge in [-0.1, -0.05) is 23.5 Å². The van der Waals surface area contributed by atoms with E-state index in [4.69, 9.17) is 17.2 Å². The SMILES string of the molecule is CC(c1nc2ccccc2s1)N(C)Cn1nc(NC(C)(C)C)sc1=S. The van der Waals surface area contributed by atoms with Crippen LogP contribution in [0.2, 0.25) is 0 Å². The predicted octanol–water partition coefficient (Wildman–Crippen LogP) is 5.14. The molecule has 2 heterocycles. The van der Waals surface area contributed by atoms with Gasteiger partial charge in [0.2, 0.25) is 5.13 Å². The molecule has 3 rings (SSSR count). The van der Waals surface area contributed by atoms with Gasteiger partial charge in [0.15, 0.2) is 3.95 Å². The number of thiazole rings is 1. The fourth-order valence-corrected chi connectivity index (χ4v) is 4.64. The van der Waals surface area contributed by atoms with E-state index >= 15 is 0 Å². The zero-order valence-electron chi connectivity index (χ0n) is 15.1. The molecule has 0 fully saturated rings. The quantitative estimate of drug-likeness (QED) is 0.608. The van der Waals surface area contributed by atoms with Crippen LogP contribution in [-0.2, 0) is 6.67 Å². The molecule has 0 bridgehead atoms. The van der Waals surface area contributed by atoms with Crippen LogP contribution in [0.4, 0.5) is 5.13 Å². The molecule has 134 valence electrons. The van der Waals surface area contributed by atoms with Crippen LogP contribution in [0.5, 0.6) is 0 Å². The molecule has 3 aromatic rings. The largest absolute Gasteiger partial charge is 0.356 e. The van der Waals surface area contributed by atoms with Crippen LogP contribution in [0.25, 0.3) is 10.2 Å². The molecule has 0 aliphatic rings. The number of fused-ring (bicyclic) bond motifs is 1. The first kappa shape index (κ1) is 18.4. The fraction of sp³-hybridized carbons (Fsp3) is 0.471. The molecular formula is C17H23N5S3. The topological polar surface area (TPSA) is 46.0 Å². The Bertz CT molecular complexity index is 885. The van der Waals surface area contributed by atoms with Crippen molar-refractivity contribution in [3.05, 3.63) is 33.2 Å². The molecule has 0 spiro atoms. The van der Waals surface area contributed by atoms with E-state index < -0.39 is 0 Å². The number of benzene rings is 1. The molecule has 1 aromatic carbocycles. The van der Waals surface area contributed by atoms with Crippen molar-refractivity contribution in [3.8, 4) is 0 Å². The number of nitrogens with zero attached hydrogens (tertiary/aromatic N) is 4. The highest BCUT2D eigenvalue weighted by Crippen LogP contribution is 2.29. The monoisotopic (exact) mass is 393 g/mol. The lowest BCUT2D eigenvalue weighted by Gasteiger charge is -2.22. The van der Waals surface area contributed by atoms with Gasteiger partial charge in [-0.05, 0) is 59.1 Å². The summed E-state index contributed by atoms with van der Waals surface area (Å²) in [7, 11) is 2.08. The van der Waals surface area contributed by atoms with Crippen molar-refractivity contribution in [3.63, 3.8) is 0 Å². The van der Waals surface area contributed by atoms with Crippen LogP contribution >= 0.6 is 34.9 Å². The van der Waals surface area contributed by atoms with Crippen molar-refractivity contribution >= 4 is 50.2 Å². The molecule has 1 unspecified atom stereocenters. The highest BCUT2D eigenvalue weighted by atomic mass is 32.1. The molecule has 0 amide bonds. The average molecular weight is 394 g/mol. The van der Waals surface area contributed by atoms with Gasteiger partial charge in [-0.2, -0.15) is 0 Å². The Kier molecular flexibility index (Phi) is 5.24. The maximum absolute atomic E-state index is 5.48.